The Hall–Kier alpha value is -1.77. The summed E-state index contributed by atoms with van der Waals surface area (Å²) in [7, 11) is 0. The molecule has 78 valence electrons. The summed E-state index contributed by atoms with van der Waals surface area (Å²) in [5.74, 6) is 0.997. The summed E-state index contributed by atoms with van der Waals surface area (Å²) in [4.78, 5) is 7.63. The van der Waals surface area contributed by atoms with Crippen molar-refractivity contribution in [2.24, 2.45) is 0 Å². The van der Waals surface area contributed by atoms with E-state index in [9.17, 15) is 5.11 Å². The second kappa shape index (κ2) is 3.77. The topological polar surface area (TPSA) is 48.9 Å². The third-order valence-electron chi connectivity index (χ3n) is 2.48. The van der Waals surface area contributed by atoms with Gasteiger partial charge in [-0.3, -0.25) is 0 Å². The number of phenols is 1. The highest BCUT2D eigenvalue weighted by Gasteiger charge is 2.09. The number of H-pyrrole nitrogens is 1. The zero-order valence-electron chi connectivity index (χ0n) is 8.91. The summed E-state index contributed by atoms with van der Waals surface area (Å²) in [6, 6.07) is 7.21. The molecule has 0 amide bonds. The number of aryl methyl sites for hydroxylation is 2. The predicted octanol–water partition coefficient (Wildman–Crippen LogP) is 2.65. The highest BCUT2D eigenvalue weighted by Crippen LogP contribution is 2.26. The number of para-hydroxylation sites is 1. The van der Waals surface area contributed by atoms with Crippen LogP contribution in [0.5, 0.6) is 5.75 Å². The SMILES string of the molecule is CCc1nc(-c2ccccc2O)[nH]c1C. The fraction of sp³-hybridized carbons (Fsp3) is 0.250. The molecule has 0 aliphatic carbocycles. The first kappa shape index (κ1) is 9.77. The van der Waals surface area contributed by atoms with Crippen LogP contribution in [-0.2, 0) is 6.42 Å². The molecule has 0 saturated carbocycles. The molecule has 0 unspecified atom stereocenters. The summed E-state index contributed by atoms with van der Waals surface area (Å²) in [5, 5.41) is 9.68. The Morgan fingerprint density at radius 3 is 2.67 bits per heavy atom. The van der Waals surface area contributed by atoms with Gasteiger partial charge in [0, 0.05) is 5.69 Å². The third kappa shape index (κ3) is 1.73. The van der Waals surface area contributed by atoms with Gasteiger partial charge in [0.05, 0.1) is 11.3 Å². The Morgan fingerprint density at radius 2 is 2.07 bits per heavy atom. The monoisotopic (exact) mass is 202 g/mol. The van der Waals surface area contributed by atoms with Crippen molar-refractivity contribution < 1.29 is 5.11 Å². The van der Waals surface area contributed by atoms with Gasteiger partial charge in [0.1, 0.15) is 11.6 Å². The van der Waals surface area contributed by atoms with Crippen molar-refractivity contribution >= 4 is 0 Å². The van der Waals surface area contributed by atoms with Crippen LogP contribution >= 0.6 is 0 Å². The summed E-state index contributed by atoms with van der Waals surface area (Å²) < 4.78 is 0. The average molecular weight is 202 g/mol. The first-order valence-corrected chi connectivity index (χ1v) is 5.06. The minimum atomic E-state index is 0.258. The Bertz CT molecular complexity index is 474. The molecule has 0 aliphatic heterocycles. The number of hydrogen-bond acceptors (Lipinski definition) is 2. The average Bonchev–Trinajstić information content (AvgIpc) is 2.60. The second-order valence-electron chi connectivity index (χ2n) is 3.53. The molecule has 2 rings (SSSR count). The van der Waals surface area contributed by atoms with E-state index in [4.69, 9.17) is 0 Å². The molecule has 0 fully saturated rings. The normalized spacial score (nSPS) is 10.5. The van der Waals surface area contributed by atoms with Gasteiger partial charge in [-0.15, -0.1) is 0 Å². The van der Waals surface area contributed by atoms with E-state index in [1.54, 1.807) is 12.1 Å². The van der Waals surface area contributed by atoms with Crippen LogP contribution in [0.1, 0.15) is 18.3 Å². The molecule has 0 saturated heterocycles. The first-order valence-electron chi connectivity index (χ1n) is 5.06. The number of aromatic nitrogens is 2. The maximum absolute atomic E-state index is 9.68. The van der Waals surface area contributed by atoms with Gasteiger partial charge in [0.25, 0.3) is 0 Å². The number of aromatic amines is 1. The van der Waals surface area contributed by atoms with Gasteiger partial charge in [0.2, 0.25) is 0 Å². The Balaban J connectivity index is 2.50. The van der Waals surface area contributed by atoms with Crippen molar-refractivity contribution in [2.45, 2.75) is 20.3 Å². The molecule has 3 nitrogen and oxygen atoms in total. The van der Waals surface area contributed by atoms with Gasteiger partial charge in [-0.05, 0) is 25.5 Å². The van der Waals surface area contributed by atoms with Crippen LogP contribution in [0.15, 0.2) is 24.3 Å². The van der Waals surface area contributed by atoms with Crippen LogP contribution in [0.25, 0.3) is 11.4 Å². The smallest absolute Gasteiger partial charge is 0.141 e. The van der Waals surface area contributed by atoms with Crippen LogP contribution in [0, 0.1) is 6.92 Å². The number of rotatable bonds is 2. The van der Waals surface area contributed by atoms with E-state index in [0.717, 1.165) is 29.2 Å². The molecule has 0 atom stereocenters. The lowest BCUT2D eigenvalue weighted by molar-refractivity contribution is 0.477. The lowest BCUT2D eigenvalue weighted by Crippen LogP contribution is -1.83. The van der Waals surface area contributed by atoms with Crippen LogP contribution in [0.3, 0.4) is 0 Å². The second-order valence-corrected chi connectivity index (χ2v) is 3.53. The van der Waals surface area contributed by atoms with Crippen LogP contribution in [-0.4, -0.2) is 15.1 Å². The minimum absolute atomic E-state index is 0.258. The van der Waals surface area contributed by atoms with E-state index in [0.29, 0.717) is 0 Å². The Morgan fingerprint density at radius 1 is 1.33 bits per heavy atom. The van der Waals surface area contributed by atoms with E-state index in [-0.39, 0.29) is 5.75 Å². The van der Waals surface area contributed by atoms with Crippen LogP contribution in [0.4, 0.5) is 0 Å². The van der Waals surface area contributed by atoms with Gasteiger partial charge in [-0.1, -0.05) is 19.1 Å². The van der Waals surface area contributed by atoms with Crippen molar-refractivity contribution in [3.8, 4) is 17.1 Å². The van der Waals surface area contributed by atoms with E-state index in [1.807, 2.05) is 19.1 Å². The number of imidazole rings is 1. The maximum atomic E-state index is 9.68. The van der Waals surface area contributed by atoms with E-state index >= 15 is 0 Å². The van der Waals surface area contributed by atoms with E-state index in [1.165, 1.54) is 0 Å². The maximum Gasteiger partial charge on any atom is 0.141 e. The van der Waals surface area contributed by atoms with Gasteiger partial charge in [-0.2, -0.15) is 0 Å². The molecule has 1 heterocycles. The van der Waals surface area contributed by atoms with Gasteiger partial charge < -0.3 is 10.1 Å². The number of nitrogens with zero attached hydrogens (tertiary/aromatic N) is 1. The quantitative estimate of drug-likeness (QED) is 0.786. The van der Waals surface area contributed by atoms with Crippen molar-refractivity contribution in [3.05, 3.63) is 35.7 Å². The highest BCUT2D eigenvalue weighted by atomic mass is 16.3. The summed E-state index contributed by atoms with van der Waals surface area (Å²) in [5.41, 5.74) is 2.87. The predicted molar refractivity (Wildman–Crippen MR) is 59.8 cm³/mol. The summed E-state index contributed by atoms with van der Waals surface area (Å²) in [6.07, 6.45) is 0.899. The molecule has 0 bridgehead atoms. The Labute approximate surface area is 88.8 Å². The molecular formula is C12H14N2O. The molecule has 1 aromatic heterocycles. The fourth-order valence-corrected chi connectivity index (χ4v) is 1.64. The minimum Gasteiger partial charge on any atom is -0.507 e. The number of phenolic OH excluding ortho intramolecular Hbond substituents is 1. The molecule has 2 aromatic rings. The van der Waals surface area contributed by atoms with Gasteiger partial charge in [0.15, 0.2) is 0 Å². The lowest BCUT2D eigenvalue weighted by Gasteiger charge is -1.99. The number of benzene rings is 1. The molecule has 0 spiro atoms. The first-order chi connectivity index (χ1) is 7.22. The van der Waals surface area contributed by atoms with E-state index in [2.05, 4.69) is 16.9 Å². The van der Waals surface area contributed by atoms with E-state index < -0.39 is 0 Å². The van der Waals surface area contributed by atoms with Crippen molar-refractivity contribution in [3.63, 3.8) is 0 Å². The zero-order chi connectivity index (χ0) is 10.8. The third-order valence-corrected chi connectivity index (χ3v) is 2.48. The summed E-state index contributed by atoms with van der Waals surface area (Å²) in [6.45, 7) is 4.06. The molecule has 2 N–H and O–H groups in total. The number of nitrogens with one attached hydrogen (secondary N) is 1. The number of aromatic hydroxyl groups is 1. The van der Waals surface area contributed by atoms with Crippen molar-refractivity contribution in [1.82, 2.24) is 9.97 Å². The van der Waals surface area contributed by atoms with Gasteiger partial charge in [-0.25, -0.2) is 4.98 Å². The molecular weight excluding hydrogens is 188 g/mol. The Kier molecular flexibility index (Phi) is 2.46. The zero-order valence-corrected chi connectivity index (χ0v) is 8.91. The fourth-order valence-electron chi connectivity index (χ4n) is 1.64. The molecule has 3 heteroatoms. The number of hydrogen-bond donors (Lipinski definition) is 2. The highest BCUT2D eigenvalue weighted by molar-refractivity contribution is 5.63. The molecule has 15 heavy (non-hydrogen) atoms. The summed E-state index contributed by atoms with van der Waals surface area (Å²) >= 11 is 0. The van der Waals surface area contributed by atoms with Crippen LogP contribution < -0.4 is 0 Å². The standard InChI is InChI=1S/C12H14N2O/c1-3-10-8(2)13-12(14-10)9-6-4-5-7-11(9)15/h4-7,15H,3H2,1-2H3,(H,13,14). The molecule has 0 aliphatic rings. The largest absolute Gasteiger partial charge is 0.507 e. The van der Waals surface area contributed by atoms with Crippen LogP contribution in [0.2, 0.25) is 0 Å². The lowest BCUT2D eigenvalue weighted by atomic mass is 10.2. The van der Waals surface area contributed by atoms with Crippen molar-refractivity contribution in [2.75, 3.05) is 0 Å². The molecule has 1 aromatic carbocycles. The van der Waals surface area contributed by atoms with Gasteiger partial charge >= 0.3 is 0 Å². The molecule has 0 radical (unpaired) electrons. The van der Waals surface area contributed by atoms with Crippen molar-refractivity contribution in [1.29, 1.82) is 0 Å².